The number of methoxy groups -OCH3 is 1. The molecule has 0 saturated carbocycles. The molecule has 0 radical (unpaired) electrons. The fourth-order valence-electron chi connectivity index (χ4n) is 2.52. The number of nitrogens with one attached hydrogen (secondary N) is 1. The maximum atomic E-state index is 5.87. The highest BCUT2D eigenvalue weighted by atomic mass is 16.5. The summed E-state index contributed by atoms with van der Waals surface area (Å²) in [5.74, 6) is 0. The van der Waals surface area contributed by atoms with Gasteiger partial charge in [0.05, 0.1) is 12.7 Å². The van der Waals surface area contributed by atoms with Crippen LogP contribution < -0.4 is 5.32 Å². The number of unbranched alkanes of at least 4 members (excludes halogenated alkanes) is 1. The smallest absolute Gasteiger partial charge is 0.0702 e. The van der Waals surface area contributed by atoms with Crippen molar-refractivity contribution >= 4 is 0 Å². The molecule has 1 rings (SSSR count). The van der Waals surface area contributed by atoms with Gasteiger partial charge in [0.25, 0.3) is 0 Å². The van der Waals surface area contributed by atoms with Crippen LogP contribution in [0.4, 0.5) is 0 Å². The van der Waals surface area contributed by atoms with Crippen molar-refractivity contribution in [3.8, 4) is 0 Å². The Kier molecular flexibility index (Phi) is 10.4. The predicted molar refractivity (Wildman–Crippen MR) is 79.7 cm³/mol. The van der Waals surface area contributed by atoms with Gasteiger partial charge in [-0.1, -0.05) is 6.92 Å². The first-order chi connectivity index (χ1) is 9.36. The molecule has 4 nitrogen and oxygen atoms in total. The second-order valence-electron chi connectivity index (χ2n) is 5.39. The van der Waals surface area contributed by atoms with E-state index in [1.165, 1.54) is 38.8 Å². The van der Waals surface area contributed by atoms with Crippen molar-refractivity contribution in [2.45, 2.75) is 45.1 Å². The fraction of sp³-hybridized carbons (Fsp3) is 1.00. The fourth-order valence-corrected chi connectivity index (χ4v) is 2.52. The van der Waals surface area contributed by atoms with Crippen LogP contribution in [0.15, 0.2) is 0 Å². The summed E-state index contributed by atoms with van der Waals surface area (Å²) in [5, 5.41) is 3.39. The summed E-state index contributed by atoms with van der Waals surface area (Å²) < 4.78 is 10.9. The van der Waals surface area contributed by atoms with Crippen molar-refractivity contribution < 1.29 is 9.47 Å². The van der Waals surface area contributed by atoms with Crippen LogP contribution in [0.5, 0.6) is 0 Å². The van der Waals surface area contributed by atoms with Gasteiger partial charge in [-0.05, 0) is 51.7 Å². The number of ether oxygens (including phenoxy) is 2. The molecule has 0 amide bonds. The van der Waals surface area contributed by atoms with Gasteiger partial charge in [0, 0.05) is 26.8 Å². The molecule has 114 valence electrons. The molecular formula is C15H32N2O2. The normalized spacial score (nSPS) is 20.8. The van der Waals surface area contributed by atoms with Crippen LogP contribution in [0.2, 0.25) is 0 Å². The molecule has 1 aliphatic rings. The van der Waals surface area contributed by atoms with Crippen molar-refractivity contribution in [2.24, 2.45) is 0 Å². The molecule has 19 heavy (non-hydrogen) atoms. The standard InChI is InChI=1S/C15H32N2O2/c1-3-12-19-15-7-6-11-17(14-15)10-5-4-8-16-9-13-18-2/h15-16H,3-14H2,1-2H3. The van der Waals surface area contributed by atoms with Gasteiger partial charge in [0.2, 0.25) is 0 Å². The minimum atomic E-state index is 0.480. The third kappa shape index (κ3) is 8.58. The molecular weight excluding hydrogens is 240 g/mol. The van der Waals surface area contributed by atoms with E-state index < -0.39 is 0 Å². The lowest BCUT2D eigenvalue weighted by Gasteiger charge is -2.32. The Labute approximate surface area is 118 Å². The van der Waals surface area contributed by atoms with E-state index >= 15 is 0 Å². The van der Waals surface area contributed by atoms with Crippen LogP contribution in [0, 0.1) is 0 Å². The summed E-state index contributed by atoms with van der Waals surface area (Å²) >= 11 is 0. The van der Waals surface area contributed by atoms with Gasteiger partial charge in [0.15, 0.2) is 0 Å². The van der Waals surface area contributed by atoms with Gasteiger partial charge in [0.1, 0.15) is 0 Å². The predicted octanol–water partition coefficient (Wildman–Crippen LogP) is 1.89. The van der Waals surface area contributed by atoms with E-state index in [2.05, 4.69) is 17.1 Å². The lowest BCUT2D eigenvalue weighted by molar-refractivity contribution is -0.000321. The van der Waals surface area contributed by atoms with E-state index in [1.54, 1.807) is 7.11 Å². The van der Waals surface area contributed by atoms with Crippen molar-refractivity contribution in [2.75, 3.05) is 53.0 Å². The summed E-state index contributed by atoms with van der Waals surface area (Å²) in [7, 11) is 1.75. The topological polar surface area (TPSA) is 33.7 Å². The first-order valence-corrected chi connectivity index (χ1v) is 7.90. The van der Waals surface area contributed by atoms with E-state index in [9.17, 15) is 0 Å². The zero-order valence-corrected chi connectivity index (χ0v) is 12.8. The molecule has 1 atom stereocenters. The number of piperidine rings is 1. The molecule has 1 fully saturated rings. The van der Waals surface area contributed by atoms with Crippen molar-refractivity contribution in [1.82, 2.24) is 10.2 Å². The van der Waals surface area contributed by atoms with E-state index in [0.717, 1.165) is 39.3 Å². The van der Waals surface area contributed by atoms with Crippen LogP contribution in [0.1, 0.15) is 39.0 Å². The number of hydrogen-bond acceptors (Lipinski definition) is 4. The molecule has 0 aromatic rings. The van der Waals surface area contributed by atoms with Crippen molar-refractivity contribution in [3.63, 3.8) is 0 Å². The van der Waals surface area contributed by atoms with Crippen LogP contribution in [0.25, 0.3) is 0 Å². The Morgan fingerprint density at radius 2 is 2.11 bits per heavy atom. The minimum absolute atomic E-state index is 0.480. The Balaban J connectivity index is 1.96. The first-order valence-electron chi connectivity index (χ1n) is 7.90. The van der Waals surface area contributed by atoms with E-state index in [4.69, 9.17) is 9.47 Å². The third-order valence-electron chi connectivity index (χ3n) is 3.58. The Morgan fingerprint density at radius 3 is 2.89 bits per heavy atom. The number of nitrogens with zero attached hydrogens (tertiary/aromatic N) is 1. The summed E-state index contributed by atoms with van der Waals surface area (Å²) in [5.41, 5.74) is 0. The highest BCUT2D eigenvalue weighted by molar-refractivity contribution is 4.73. The Morgan fingerprint density at radius 1 is 1.21 bits per heavy atom. The summed E-state index contributed by atoms with van der Waals surface area (Å²) in [6, 6.07) is 0. The van der Waals surface area contributed by atoms with Crippen LogP contribution in [0.3, 0.4) is 0 Å². The molecule has 0 bridgehead atoms. The molecule has 4 heteroatoms. The molecule has 1 heterocycles. The maximum Gasteiger partial charge on any atom is 0.0702 e. The van der Waals surface area contributed by atoms with Crippen LogP contribution in [-0.2, 0) is 9.47 Å². The van der Waals surface area contributed by atoms with Gasteiger partial charge in [-0.3, -0.25) is 0 Å². The van der Waals surface area contributed by atoms with Crippen molar-refractivity contribution in [1.29, 1.82) is 0 Å². The summed E-state index contributed by atoms with van der Waals surface area (Å²) in [6.07, 6.45) is 6.67. The molecule has 0 spiro atoms. The highest BCUT2D eigenvalue weighted by Gasteiger charge is 2.19. The Hall–Kier alpha value is -0.160. The molecule has 1 saturated heterocycles. The zero-order chi connectivity index (χ0) is 13.8. The lowest BCUT2D eigenvalue weighted by Crippen LogP contribution is -2.40. The minimum Gasteiger partial charge on any atom is -0.383 e. The van der Waals surface area contributed by atoms with Gasteiger partial charge >= 0.3 is 0 Å². The van der Waals surface area contributed by atoms with Gasteiger partial charge in [-0.25, -0.2) is 0 Å². The largest absolute Gasteiger partial charge is 0.383 e. The molecule has 1 N–H and O–H groups in total. The van der Waals surface area contributed by atoms with Crippen molar-refractivity contribution in [3.05, 3.63) is 0 Å². The molecule has 0 aromatic carbocycles. The van der Waals surface area contributed by atoms with Gasteiger partial charge < -0.3 is 19.7 Å². The lowest BCUT2D eigenvalue weighted by atomic mass is 10.1. The number of likely N-dealkylation sites (tertiary alicyclic amines) is 1. The second-order valence-corrected chi connectivity index (χ2v) is 5.39. The van der Waals surface area contributed by atoms with E-state index in [1.807, 2.05) is 0 Å². The average Bonchev–Trinajstić information content (AvgIpc) is 2.44. The van der Waals surface area contributed by atoms with Crippen LogP contribution in [-0.4, -0.2) is 64.1 Å². The van der Waals surface area contributed by atoms with E-state index in [0.29, 0.717) is 6.10 Å². The number of hydrogen-bond donors (Lipinski definition) is 1. The molecule has 1 unspecified atom stereocenters. The maximum absolute atomic E-state index is 5.87. The zero-order valence-electron chi connectivity index (χ0n) is 12.8. The first kappa shape index (κ1) is 16.9. The summed E-state index contributed by atoms with van der Waals surface area (Å²) in [4.78, 5) is 2.57. The van der Waals surface area contributed by atoms with Crippen LogP contribution >= 0.6 is 0 Å². The third-order valence-corrected chi connectivity index (χ3v) is 3.58. The van der Waals surface area contributed by atoms with Gasteiger partial charge in [-0.2, -0.15) is 0 Å². The van der Waals surface area contributed by atoms with E-state index in [-0.39, 0.29) is 0 Å². The summed E-state index contributed by atoms with van der Waals surface area (Å²) in [6.45, 7) is 9.58. The average molecular weight is 272 g/mol. The molecule has 1 aliphatic heterocycles. The number of rotatable bonds is 11. The SMILES string of the molecule is CCCOC1CCCN(CCCCNCCOC)C1. The quantitative estimate of drug-likeness (QED) is 0.582. The van der Waals surface area contributed by atoms with Gasteiger partial charge in [-0.15, -0.1) is 0 Å². The molecule has 0 aliphatic carbocycles. The Bertz CT molecular complexity index is 203. The monoisotopic (exact) mass is 272 g/mol. The highest BCUT2D eigenvalue weighted by Crippen LogP contribution is 2.13. The molecule has 0 aromatic heterocycles. The second kappa shape index (κ2) is 11.6.